The minimum absolute atomic E-state index is 0.0519. The molecule has 37 heavy (non-hydrogen) atoms. The van der Waals surface area contributed by atoms with Crippen molar-refractivity contribution in [2.24, 2.45) is 0 Å². The Morgan fingerprint density at radius 1 is 1.08 bits per heavy atom. The van der Waals surface area contributed by atoms with Crippen molar-refractivity contribution < 1.29 is 38.9 Å². The Balaban J connectivity index is 1.80. The lowest BCUT2D eigenvalue weighted by atomic mass is 10.1. The predicted molar refractivity (Wildman–Crippen MR) is 132 cm³/mol. The minimum Gasteiger partial charge on any atom is -0.481 e. The molecule has 1 aliphatic heterocycles. The van der Waals surface area contributed by atoms with Crippen molar-refractivity contribution in [2.75, 3.05) is 32.8 Å². The molecule has 196 valence electrons. The molecule has 1 atom stereocenters. The molecule has 12 nitrogen and oxygen atoms in total. The molecule has 1 saturated heterocycles. The van der Waals surface area contributed by atoms with E-state index < -0.39 is 35.9 Å². The van der Waals surface area contributed by atoms with Crippen LogP contribution in [-0.2, 0) is 19.1 Å². The molecule has 2 aromatic rings. The standard InChI is InChI=1S/C25H28N4O8/c1-2-37-25(36)29-13-11-28(12-14-29)24(35)19(8-10-22(32)33)27-23(34)20-15-16(7-9-21(30)31)17-5-3-4-6-18(17)26-20/h3-7,9,15,19H,2,8,10-14H2,1H3,(H,27,34)(H,30,31)(H,32,33). The number of nitrogens with one attached hydrogen (secondary N) is 1. The zero-order valence-corrected chi connectivity index (χ0v) is 20.3. The van der Waals surface area contributed by atoms with Crippen molar-refractivity contribution in [3.8, 4) is 0 Å². The maximum atomic E-state index is 13.2. The molecule has 1 aromatic heterocycles. The number of nitrogens with zero attached hydrogens (tertiary/aromatic N) is 3. The fraction of sp³-hybridized carbons (Fsp3) is 0.360. The third-order valence-corrected chi connectivity index (χ3v) is 5.75. The largest absolute Gasteiger partial charge is 0.481 e. The number of carbonyl (C=O) groups is 5. The summed E-state index contributed by atoms with van der Waals surface area (Å²) in [6.45, 7) is 2.83. The van der Waals surface area contributed by atoms with Crippen LogP contribution >= 0.6 is 0 Å². The van der Waals surface area contributed by atoms with Gasteiger partial charge in [0.25, 0.3) is 5.91 Å². The summed E-state index contributed by atoms with van der Waals surface area (Å²) in [5, 5.41) is 21.4. The second kappa shape index (κ2) is 12.5. The highest BCUT2D eigenvalue weighted by molar-refractivity contribution is 6.00. The zero-order chi connectivity index (χ0) is 26.9. The Morgan fingerprint density at radius 3 is 2.41 bits per heavy atom. The van der Waals surface area contributed by atoms with Crippen LogP contribution in [0.25, 0.3) is 17.0 Å². The summed E-state index contributed by atoms with van der Waals surface area (Å²) in [6, 6.07) is 7.15. The topological polar surface area (TPSA) is 166 Å². The molecule has 1 unspecified atom stereocenters. The second-order valence-corrected chi connectivity index (χ2v) is 8.26. The smallest absolute Gasteiger partial charge is 0.409 e. The van der Waals surface area contributed by atoms with E-state index in [1.165, 1.54) is 21.9 Å². The zero-order valence-electron chi connectivity index (χ0n) is 20.3. The number of piperazine rings is 1. The van der Waals surface area contributed by atoms with Crippen molar-refractivity contribution in [2.45, 2.75) is 25.8 Å². The molecule has 0 bridgehead atoms. The van der Waals surface area contributed by atoms with E-state index in [1.807, 2.05) is 0 Å². The van der Waals surface area contributed by atoms with Crippen LogP contribution in [0.1, 0.15) is 35.8 Å². The van der Waals surface area contributed by atoms with E-state index >= 15 is 0 Å². The van der Waals surface area contributed by atoms with Gasteiger partial charge in [-0.3, -0.25) is 14.4 Å². The van der Waals surface area contributed by atoms with Gasteiger partial charge in [-0.15, -0.1) is 0 Å². The van der Waals surface area contributed by atoms with Crippen molar-refractivity contribution in [3.63, 3.8) is 0 Å². The number of fused-ring (bicyclic) bond motifs is 1. The van der Waals surface area contributed by atoms with Crippen LogP contribution in [-0.4, -0.2) is 93.7 Å². The number of carboxylic acid groups (broad SMARTS) is 2. The summed E-state index contributed by atoms with van der Waals surface area (Å²) in [4.78, 5) is 67.8. The number of para-hydroxylation sites is 1. The van der Waals surface area contributed by atoms with Gasteiger partial charge in [0.2, 0.25) is 5.91 Å². The fourth-order valence-corrected chi connectivity index (χ4v) is 3.92. The van der Waals surface area contributed by atoms with E-state index in [0.29, 0.717) is 16.5 Å². The third kappa shape index (κ3) is 7.26. The van der Waals surface area contributed by atoms with Crippen molar-refractivity contribution in [1.29, 1.82) is 0 Å². The number of carbonyl (C=O) groups excluding carboxylic acids is 3. The first kappa shape index (κ1) is 27.1. The number of rotatable bonds is 9. The van der Waals surface area contributed by atoms with Gasteiger partial charge < -0.3 is 30.1 Å². The average molecular weight is 513 g/mol. The van der Waals surface area contributed by atoms with Crippen LogP contribution in [0.4, 0.5) is 4.79 Å². The molecular formula is C25H28N4O8. The number of hydrogen-bond acceptors (Lipinski definition) is 7. The number of carboxylic acids is 2. The molecule has 3 amide bonds. The summed E-state index contributed by atoms with van der Waals surface area (Å²) >= 11 is 0. The van der Waals surface area contributed by atoms with Gasteiger partial charge in [0, 0.05) is 44.1 Å². The maximum absolute atomic E-state index is 13.2. The lowest BCUT2D eigenvalue weighted by molar-refractivity contribution is -0.138. The first-order valence-corrected chi connectivity index (χ1v) is 11.7. The van der Waals surface area contributed by atoms with Crippen LogP contribution in [0.2, 0.25) is 0 Å². The van der Waals surface area contributed by atoms with Gasteiger partial charge in [-0.25, -0.2) is 14.6 Å². The van der Waals surface area contributed by atoms with E-state index in [4.69, 9.17) is 14.9 Å². The lowest BCUT2D eigenvalue weighted by Gasteiger charge is -2.35. The van der Waals surface area contributed by atoms with Gasteiger partial charge in [-0.2, -0.15) is 0 Å². The summed E-state index contributed by atoms with van der Waals surface area (Å²) in [5.41, 5.74) is 0.842. The molecular weight excluding hydrogens is 484 g/mol. The SMILES string of the molecule is CCOC(=O)N1CCN(C(=O)C(CCC(=O)O)NC(=O)c2cc(C=CC(=O)O)c3ccccc3n2)CC1. The Kier molecular flexibility index (Phi) is 9.14. The number of amides is 3. The second-order valence-electron chi connectivity index (χ2n) is 8.26. The monoisotopic (exact) mass is 512 g/mol. The average Bonchev–Trinajstić information content (AvgIpc) is 2.89. The third-order valence-electron chi connectivity index (χ3n) is 5.75. The molecule has 1 fully saturated rings. The number of aliphatic carboxylic acids is 2. The van der Waals surface area contributed by atoms with Gasteiger partial charge in [-0.1, -0.05) is 18.2 Å². The van der Waals surface area contributed by atoms with Gasteiger partial charge in [0.05, 0.1) is 12.1 Å². The van der Waals surface area contributed by atoms with Crippen molar-refractivity contribution in [3.05, 3.63) is 47.7 Å². The Labute approximate surface area is 212 Å². The van der Waals surface area contributed by atoms with E-state index in [-0.39, 0.29) is 51.3 Å². The number of pyridine rings is 1. The molecule has 0 radical (unpaired) electrons. The molecule has 2 heterocycles. The maximum Gasteiger partial charge on any atom is 0.409 e. The first-order chi connectivity index (χ1) is 17.7. The van der Waals surface area contributed by atoms with E-state index in [2.05, 4.69) is 10.3 Å². The normalized spacial score (nSPS) is 14.4. The summed E-state index contributed by atoms with van der Waals surface area (Å²) in [6.07, 6.45) is 1.33. The number of aromatic nitrogens is 1. The summed E-state index contributed by atoms with van der Waals surface area (Å²) < 4.78 is 4.98. The van der Waals surface area contributed by atoms with Gasteiger partial charge >= 0.3 is 18.0 Å². The number of hydrogen-bond donors (Lipinski definition) is 3. The van der Waals surface area contributed by atoms with Gasteiger partial charge in [0.1, 0.15) is 11.7 Å². The molecule has 1 aliphatic rings. The Bertz CT molecular complexity index is 1220. The minimum atomic E-state index is -1.16. The Hall–Kier alpha value is -4.48. The van der Waals surface area contributed by atoms with E-state index in [0.717, 1.165) is 6.08 Å². The molecule has 3 rings (SSSR count). The first-order valence-electron chi connectivity index (χ1n) is 11.7. The van der Waals surface area contributed by atoms with Crippen molar-refractivity contribution >= 4 is 46.8 Å². The quantitative estimate of drug-likeness (QED) is 0.423. The van der Waals surface area contributed by atoms with Gasteiger partial charge in [0.15, 0.2) is 0 Å². The molecule has 0 aliphatic carbocycles. The molecule has 3 N–H and O–H groups in total. The number of benzene rings is 1. The molecule has 1 aromatic carbocycles. The van der Waals surface area contributed by atoms with Crippen molar-refractivity contribution in [1.82, 2.24) is 20.1 Å². The number of ether oxygens (including phenoxy) is 1. The predicted octanol–water partition coefficient (Wildman–Crippen LogP) is 1.60. The van der Waals surface area contributed by atoms with Crippen LogP contribution in [0, 0.1) is 0 Å². The van der Waals surface area contributed by atoms with Crippen LogP contribution in [0.3, 0.4) is 0 Å². The van der Waals surface area contributed by atoms with E-state index in [9.17, 15) is 24.0 Å². The fourth-order valence-electron chi connectivity index (χ4n) is 3.92. The van der Waals surface area contributed by atoms with Crippen LogP contribution < -0.4 is 5.32 Å². The lowest BCUT2D eigenvalue weighted by Crippen LogP contribution is -2.56. The molecule has 0 spiro atoms. The molecule has 0 saturated carbocycles. The highest BCUT2D eigenvalue weighted by Crippen LogP contribution is 2.20. The highest BCUT2D eigenvalue weighted by atomic mass is 16.6. The summed E-state index contributed by atoms with van der Waals surface area (Å²) in [5.74, 6) is -3.45. The Morgan fingerprint density at radius 2 is 1.76 bits per heavy atom. The van der Waals surface area contributed by atoms with Crippen LogP contribution in [0.5, 0.6) is 0 Å². The highest BCUT2D eigenvalue weighted by Gasteiger charge is 2.31. The van der Waals surface area contributed by atoms with Crippen LogP contribution in [0.15, 0.2) is 36.4 Å². The van der Waals surface area contributed by atoms with E-state index in [1.54, 1.807) is 31.2 Å². The summed E-state index contributed by atoms with van der Waals surface area (Å²) in [7, 11) is 0. The van der Waals surface area contributed by atoms with Gasteiger partial charge in [-0.05, 0) is 37.1 Å². The molecule has 12 heteroatoms.